The molecule has 44 heavy (non-hydrogen) atoms. The average molecular weight is 630 g/mol. The second kappa shape index (κ2) is 14.7. The highest BCUT2D eigenvalue weighted by molar-refractivity contribution is 7.89. The summed E-state index contributed by atoms with van der Waals surface area (Å²) in [6.07, 6.45) is 2.65. The minimum absolute atomic E-state index is 0.0279. The van der Waals surface area contributed by atoms with E-state index in [-0.39, 0.29) is 35.7 Å². The first-order valence-corrected chi connectivity index (χ1v) is 16.6. The third-order valence-corrected chi connectivity index (χ3v) is 9.40. The number of nitrogens with one attached hydrogen (secondary N) is 2. The van der Waals surface area contributed by atoms with E-state index >= 15 is 0 Å². The number of hydrogen-bond donors (Lipinski definition) is 2. The lowest BCUT2D eigenvalue weighted by atomic mass is 10.0. The molecule has 4 aromatic carbocycles. The van der Waals surface area contributed by atoms with Crippen LogP contribution in [0.5, 0.6) is 0 Å². The zero-order valence-corrected chi connectivity index (χ0v) is 25.9. The molecule has 7 nitrogen and oxygen atoms in total. The lowest BCUT2D eigenvalue weighted by molar-refractivity contribution is -0.141. The summed E-state index contributed by atoms with van der Waals surface area (Å²) < 4.78 is 27.8. The van der Waals surface area contributed by atoms with Gasteiger partial charge in [0.2, 0.25) is 21.8 Å². The molecule has 0 bridgehead atoms. The van der Waals surface area contributed by atoms with Gasteiger partial charge in [0.05, 0.1) is 4.90 Å². The van der Waals surface area contributed by atoms with Crippen LogP contribution >= 0.6 is 11.6 Å². The van der Waals surface area contributed by atoms with Gasteiger partial charge in [-0.3, -0.25) is 9.59 Å². The van der Waals surface area contributed by atoms with Crippen LogP contribution in [0.4, 0.5) is 0 Å². The fraction of sp³-hybridized carbons (Fsp3) is 0.257. The Morgan fingerprint density at radius 2 is 1.36 bits per heavy atom. The topological polar surface area (TPSA) is 95.6 Å². The Labute approximate surface area is 264 Å². The largest absolute Gasteiger partial charge is 0.350 e. The Balaban J connectivity index is 1.34. The van der Waals surface area contributed by atoms with Gasteiger partial charge in [0.15, 0.2) is 0 Å². The normalized spacial score (nSPS) is 13.7. The molecule has 4 aromatic rings. The van der Waals surface area contributed by atoms with E-state index < -0.39 is 16.1 Å². The predicted molar refractivity (Wildman–Crippen MR) is 172 cm³/mol. The monoisotopic (exact) mass is 629 g/mol. The number of amides is 2. The van der Waals surface area contributed by atoms with Crippen molar-refractivity contribution in [1.29, 1.82) is 0 Å². The average Bonchev–Trinajstić information content (AvgIpc) is 3.85. The number of carbonyl (C=O) groups excluding carboxylic acids is 2. The van der Waals surface area contributed by atoms with Crippen LogP contribution in [-0.2, 0) is 45.5 Å². The third-order valence-electron chi connectivity index (χ3n) is 7.61. The summed E-state index contributed by atoms with van der Waals surface area (Å²) in [5, 5.41) is 3.65. The van der Waals surface area contributed by atoms with Gasteiger partial charge in [-0.1, -0.05) is 96.5 Å². The van der Waals surface area contributed by atoms with Crippen molar-refractivity contribution in [3.8, 4) is 0 Å². The van der Waals surface area contributed by atoms with Crippen molar-refractivity contribution in [2.75, 3.05) is 0 Å². The quantitative estimate of drug-likeness (QED) is 0.188. The lowest BCUT2D eigenvalue weighted by Gasteiger charge is -2.31. The van der Waals surface area contributed by atoms with E-state index in [4.69, 9.17) is 11.6 Å². The Kier molecular flexibility index (Phi) is 10.5. The summed E-state index contributed by atoms with van der Waals surface area (Å²) >= 11 is 6.03. The van der Waals surface area contributed by atoms with Crippen LogP contribution < -0.4 is 10.0 Å². The maximum absolute atomic E-state index is 13.9. The molecule has 1 unspecified atom stereocenters. The van der Waals surface area contributed by atoms with Crippen LogP contribution in [0, 0.1) is 0 Å². The van der Waals surface area contributed by atoms with E-state index in [0.29, 0.717) is 24.4 Å². The number of carbonyl (C=O) groups is 2. The van der Waals surface area contributed by atoms with E-state index in [2.05, 4.69) is 10.0 Å². The number of aryl methyl sites for hydroxylation is 1. The smallest absolute Gasteiger partial charge is 0.243 e. The number of hydrogen-bond acceptors (Lipinski definition) is 4. The fourth-order valence-electron chi connectivity index (χ4n) is 4.96. The Bertz CT molecular complexity index is 1640. The Morgan fingerprint density at radius 3 is 1.98 bits per heavy atom. The summed E-state index contributed by atoms with van der Waals surface area (Å²) in [6.45, 7) is 0.578. The summed E-state index contributed by atoms with van der Waals surface area (Å²) in [5.41, 5.74) is 3.61. The molecule has 2 amide bonds. The molecular weight excluding hydrogens is 594 g/mol. The molecule has 228 valence electrons. The molecule has 0 heterocycles. The molecule has 0 spiro atoms. The highest BCUT2D eigenvalue weighted by Crippen LogP contribution is 2.23. The minimum atomic E-state index is -3.55. The van der Waals surface area contributed by atoms with E-state index in [1.807, 2.05) is 72.8 Å². The number of halogens is 1. The Hall–Kier alpha value is -3.98. The summed E-state index contributed by atoms with van der Waals surface area (Å²) in [4.78, 5) is 29.6. The maximum atomic E-state index is 13.9. The minimum Gasteiger partial charge on any atom is -0.350 e. The second-order valence-corrected chi connectivity index (χ2v) is 13.2. The molecule has 1 saturated carbocycles. The second-order valence-electron chi connectivity index (χ2n) is 11.1. The molecule has 0 saturated heterocycles. The van der Waals surface area contributed by atoms with Crippen LogP contribution in [0.25, 0.3) is 0 Å². The molecule has 5 rings (SSSR count). The van der Waals surface area contributed by atoms with Gasteiger partial charge in [-0.15, -0.1) is 0 Å². The number of benzene rings is 4. The van der Waals surface area contributed by atoms with Gasteiger partial charge in [-0.05, 0) is 65.8 Å². The van der Waals surface area contributed by atoms with Crippen LogP contribution in [-0.4, -0.2) is 37.2 Å². The van der Waals surface area contributed by atoms with Gasteiger partial charge in [0.25, 0.3) is 0 Å². The van der Waals surface area contributed by atoms with Crippen LogP contribution in [0.3, 0.4) is 0 Å². The van der Waals surface area contributed by atoms with E-state index in [1.165, 1.54) is 0 Å². The number of nitrogens with zero attached hydrogens (tertiary/aromatic N) is 1. The van der Waals surface area contributed by atoms with Crippen LogP contribution in [0.1, 0.15) is 41.5 Å². The standard InChI is InChI=1S/C35H36ClN3O4S/c36-30-16-11-28(12-17-30)24-37-35(41)33(23-27-7-3-1-4-8-27)39(25-29-9-5-2-6-10-29)34(40)22-15-26-13-20-32(21-14-26)44(42,43)38-31-18-19-31/h1-14,16-17,20-21,31,33,38H,15,18-19,22-25H2,(H,37,41). The summed E-state index contributed by atoms with van der Waals surface area (Å²) in [7, 11) is -3.55. The van der Waals surface area contributed by atoms with Gasteiger partial charge in [-0.25, -0.2) is 13.1 Å². The molecule has 1 fully saturated rings. The fourth-order valence-corrected chi connectivity index (χ4v) is 6.39. The third kappa shape index (κ3) is 9.02. The maximum Gasteiger partial charge on any atom is 0.243 e. The van der Waals surface area contributed by atoms with E-state index in [9.17, 15) is 18.0 Å². The van der Waals surface area contributed by atoms with Crippen molar-refractivity contribution in [1.82, 2.24) is 14.9 Å². The molecule has 9 heteroatoms. The van der Waals surface area contributed by atoms with Crippen molar-refractivity contribution in [3.05, 3.63) is 136 Å². The summed E-state index contributed by atoms with van der Waals surface area (Å²) in [6, 6.07) is 32.5. The zero-order valence-electron chi connectivity index (χ0n) is 24.4. The molecule has 1 aliphatic carbocycles. The molecule has 0 radical (unpaired) electrons. The predicted octanol–water partition coefficient (Wildman–Crippen LogP) is 5.67. The summed E-state index contributed by atoms with van der Waals surface area (Å²) in [5.74, 6) is -0.408. The van der Waals surface area contributed by atoms with E-state index in [0.717, 1.165) is 35.1 Å². The van der Waals surface area contributed by atoms with Gasteiger partial charge < -0.3 is 10.2 Å². The SMILES string of the molecule is O=C(NCc1ccc(Cl)cc1)C(Cc1ccccc1)N(Cc1ccccc1)C(=O)CCc1ccc(S(=O)(=O)NC2CC2)cc1. The van der Waals surface area contributed by atoms with Crippen molar-refractivity contribution in [2.24, 2.45) is 0 Å². The van der Waals surface area contributed by atoms with Crippen molar-refractivity contribution < 1.29 is 18.0 Å². The van der Waals surface area contributed by atoms with Gasteiger partial charge >= 0.3 is 0 Å². The molecular formula is C35H36ClN3O4S. The highest BCUT2D eigenvalue weighted by Gasteiger charge is 2.31. The van der Waals surface area contributed by atoms with Crippen molar-refractivity contribution >= 4 is 33.4 Å². The van der Waals surface area contributed by atoms with E-state index in [1.54, 1.807) is 41.3 Å². The molecule has 0 aliphatic heterocycles. The molecule has 0 aromatic heterocycles. The first kappa shape index (κ1) is 31.4. The Morgan fingerprint density at radius 1 is 0.773 bits per heavy atom. The van der Waals surface area contributed by atoms with Gasteiger partial charge in [-0.2, -0.15) is 0 Å². The van der Waals surface area contributed by atoms with Gasteiger partial charge in [0, 0.05) is 37.0 Å². The molecule has 2 N–H and O–H groups in total. The zero-order chi connectivity index (χ0) is 30.9. The van der Waals surface area contributed by atoms with Crippen LogP contribution in [0.15, 0.2) is 114 Å². The first-order valence-electron chi connectivity index (χ1n) is 14.8. The van der Waals surface area contributed by atoms with Crippen molar-refractivity contribution in [2.45, 2.75) is 62.2 Å². The number of rotatable bonds is 14. The van der Waals surface area contributed by atoms with Crippen LogP contribution in [0.2, 0.25) is 5.02 Å². The first-order chi connectivity index (χ1) is 21.3. The lowest BCUT2D eigenvalue weighted by Crippen LogP contribution is -2.50. The highest BCUT2D eigenvalue weighted by atomic mass is 35.5. The number of sulfonamides is 1. The molecule has 1 atom stereocenters. The van der Waals surface area contributed by atoms with Crippen molar-refractivity contribution in [3.63, 3.8) is 0 Å². The molecule has 1 aliphatic rings. The van der Waals surface area contributed by atoms with Gasteiger partial charge in [0.1, 0.15) is 6.04 Å².